The summed E-state index contributed by atoms with van der Waals surface area (Å²) < 4.78 is 18.7. The number of nitro benzene ring substituents is 1. The molecular weight excluding hydrogens is 263 g/mol. The molecule has 0 atom stereocenters. The molecule has 7 heteroatoms. The third kappa shape index (κ3) is 2.54. The van der Waals surface area contributed by atoms with Crippen LogP contribution in [0.3, 0.4) is 0 Å². The highest BCUT2D eigenvalue weighted by atomic mass is 35.5. The van der Waals surface area contributed by atoms with Crippen molar-refractivity contribution in [1.82, 2.24) is 4.98 Å². The molecule has 0 saturated heterocycles. The summed E-state index contributed by atoms with van der Waals surface area (Å²) in [4.78, 5) is 13.5. The molecule has 1 heterocycles. The van der Waals surface area contributed by atoms with Crippen molar-refractivity contribution in [3.05, 3.63) is 57.6 Å². The summed E-state index contributed by atoms with van der Waals surface area (Å²) in [6.07, 6.45) is 1.46. The Balaban J connectivity index is 2.30. The smallest absolute Gasteiger partial charge is 0.272 e. The van der Waals surface area contributed by atoms with Gasteiger partial charge in [0.15, 0.2) is 22.5 Å². The van der Waals surface area contributed by atoms with E-state index in [1.807, 2.05) is 0 Å². The lowest BCUT2D eigenvalue weighted by Gasteiger charge is -2.07. The molecule has 1 aromatic carbocycles. The molecule has 0 N–H and O–H groups in total. The summed E-state index contributed by atoms with van der Waals surface area (Å²) >= 11 is 5.74. The number of pyridine rings is 1. The van der Waals surface area contributed by atoms with Crippen molar-refractivity contribution in [3.63, 3.8) is 0 Å². The molecule has 18 heavy (non-hydrogen) atoms. The Morgan fingerprint density at radius 3 is 2.72 bits per heavy atom. The number of aromatic nitrogens is 1. The highest BCUT2D eigenvalue weighted by Crippen LogP contribution is 2.30. The van der Waals surface area contributed by atoms with Crippen LogP contribution in [-0.2, 0) is 0 Å². The van der Waals surface area contributed by atoms with Crippen molar-refractivity contribution in [2.45, 2.75) is 0 Å². The van der Waals surface area contributed by atoms with Crippen LogP contribution < -0.4 is 4.74 Å². The van der Waals surface area contributed by atoms with Gasteiger partial charge < -0.3 is 4.74 Å². The van der Waals surface area contributed by atoms with Gasteiger partial charge in [0.2, 0.25) is 0 Å². The second-order valence-corrected chi connectivity index (χ2v) is 3.62. The third-order valence-electron chi connectivity index (χ3n) is 2.07. The molecule has 92 valence electrons. The zero-order chi connectivity index (χ0) is 13.1. The van der Waals surface area contributed by atoms with E-state index in [-0.39, 0.29) is 22.3 Å². The Kier molecular flexibility index (Phi) is 3.38. The largest absolute Gasteiger partial charge is 0.451 e. The van der Waals surface area contributed by atoms with E-state index in [2.05, 4.69) is 4.98 Å². The van der Waals surface area contributed by atoms with Gasteiger partial charge in [-0.25, -0.2) is 9.37 Å². The van der Waals surface area contributed by atoms with Crippen LogP contribution in [0, 0.1) is 15.9 Å². The van der Waals surface area contributed by atoms with E-state index >= 15 is 0 Å². The average Bonchev–Trinajstić information content (AvgIpc) is 2.34. The number of nitrogens with zero attached hydrogens (tertiary/aromatic N) is 2. The van der Waals surface area contributed by atoms with Gasteiger partial charge in [-0.2, -0.15) is 0 Å². The molecule has 1 aromatic heterocycles. The molecule has 0 aliphatic rings. The van der Waals surface area contributed by atoms with Crippen LogP contribution in [0.4, 0.5) is 10.1 Å². The van der Waals surface area contributed by atoms with Crippen LogP contribution in [0.25, 0.3) is 0 Å². The van der Waals surface area contributed by atoms with Gasteiger partial charge >= 0.3 is 0 Å². The van der Waals surface area contributed by atoms with Crippen LogP contribution in [0.1, 0.15) is 0 Å². The lowest BCUT2D eigenvalue weighted by molar-refractivity contribution is -0.385. The van der Waals surface area contributed by atoms with Crippen molar-refractivity contribution in [2.75, 3.05) is 0 Å². The highest BCUT2D eigenvalue weighted by molar-refractivity contribution is 6.30. The summed E-state index contributed by atoms with van der Waals surface area (Å²) in [6.45, 7) is 0. The summed E-state index contributed by atoms with van der Waals surface area (Å²) in [5.74, 6) is -0.827. The number of halogens is 2. The Bertz CT molecular complexity index is 607. The second-order valence-electron chi connectivity index (χ2n) is 3.27. The Labute approximate surface area is 106 Å². The number of hydrogen-bond donors (Lipinski definition) is 0. The molecule has 0 amide bonds. The van der Waals surface area contributed by atoms with Crippen LogP contribution >= 0.6 is 11.6 Å². The Morgan fingerprint density at radius 1 is 1.33 bits per heavy atom. The molecule has 0 bridgehead atoms. The molecule has 0 aliphatic heterocycles. The Hall–Kier alpha value is -2.21. The van der Waals surface area contributed by atoms with Gasteiger partial charge in [0.05, 0.1) is 11.0 Å². The molecule has 2 rings (SSSR count). The number of nitro groups is 1. The summed E-state index contributed by atoms with van der Waals surface area (Å²) in [6, 6.07) is 6.17. The van der Waals surface area contributed by atoms with Crippen LogP contribution in [0.2, 0.25) is 5.15 Å². The van der Waals surface area contributed by atoms with Gasteiger partial charge in [0, 0.05) is 12.3 Å². The lowest BCUT2D eigenvalue weighted by Crippen LogP contribution is -1.93. The quantitative estimate of drug-likeness (QED) is 0.485. The molecule has 0 aliphatic carbocycles. The molecule has 2 aromatic rings. The first-order valence-corrected chi connectivity index (χ1v) is 5.18. The first-order valence-electron chi connectivity index (χ1n) is 4.80. The minimum atomic E-state index is -0.843. The van der Waals surface area contributed by atoms with Crippen LogP contribution in [-0.4, -0.2) is 9.91 Å². The van der Waals surface area contributed by atoms with Crippen molar-refractivity contribution in [3.8, 4) is 11.5 Å². The van der Waals surface area contributed by atoms with Gasteiger partial charge in [-0.05, 0) is 18.2 Å². The predicted molar refractivity (Wildman–Crippen MR) is 62.4 cm³/mol. The van der Waals surface area contributed by atoms with E-state index in [1.165, 1.54) is 12.3 Å². The predicted octanol–water partition coefficient (Wildman–Crippen LogP) is 3.57. The van der Waals surface area contributed by atoms with E-state index < -0.39 is 10.7 Å². The van der Waals surface area contributed by atoms with Gasteiger partial charge in [-0.15, -0.1) is 0 Å². The number of non-ortho nitro benzene ring substituents is 1. The Morgan fingerprint density at radius 2 is 2.11 bits per heavy atom. The topological polar surface area (TPSA) is 65.3 Å². The number of hydrogen-bond acceptors (Lipinski definition) is 4. The first-order chi connectivity index (χ1) is 8.58. The van der Waals surface area contributed by atoms with Crippen LogP contribution in [0.5, 0.6) is 11.5 Å². The standard InChI is InChI=1S/C11H6ClFN2O3/c12-11-10(2-1-5-14-11)18-9-4-3-7(15(16)17)6-8(9)13/h1-6H. The van der Waals surface area contributed by atoms with Gasteiger partial charge in [0.25, 0.3) is 5.69 Å². The highest BCUT2D eigenvalue weighted by Gasteiger charge is 2.13. The summed E-state index contributed by atoms with van der Waals surface area (Å²) in [7, 11) is 0. The fraction of sp³-hybridized carbons (Fsp3) is 0. The maximum atomic E-state index is 13.5. The normalized spacial score (nSPS) is 10.1. The van der Waals surface area contributed by atoms with Crippen molar-refractivity contribution < 1.29 is 14.1 Å². The number of ether oxygens (including phenoxy) is 1. The van der Waals surface area contributed by atoms with Gasteiger partial charge in [-0.1, -0.05) is 11.6 Å². The van der Waals surface area contributed by atoms with Crippen LogP contribution in [0.15, 0.2) is 36.5 Å². The van der Waals surface area contributed by atoms with E-state index in [1.54, 1.807) is 6.07 Å². The molecule has 0 saturated carbocycles. The van der Waals surface area contributed by atoms with Crippen molar-refractivity contribution >= 4 is 17.3 Å². The molecule has 5 nitrogen and oxygen atoms in total. The van der Waals surface area contributed by atoms with E-state index in [4.69, 9.17) is 16.3 Å². The van der Waals surface area contributed by atoms with Crippen molar-refractivity contribution in [2.24, 2.45) is 0 Å². The molecule has 0 unspecified atom stereocenters. The fourth-order valence-electron chi connectivity index (χ4n) is 1.25. The summed E-state index contributed by atoms with van der Waals surface area (Å²) in [5, 5.41) is 10.5. The second kappa shape index (κ2) is 4.97. The lowest BCUT2D eigenvalue weighted by atomic mass is 10.3. The van der Waals surface area contributed by atoms with E-state index in [0.717, 1.165) is 18.2 Å². The zero-order valence-electron chi connectivity index (χ0n) is 8.84. The molecule has 0 radical (unpaired) electrons. The van der Waals surface area contributed by atoms with Crippen molar-refractivity contribution in [1.29, 1.82) is 0 Å². The number of rotatable bonds is 3. The van der Waals surface area contributed by atoms with Gasteiger partial charge in [0.1, 0.15) is 0 Å². The summed E-state index contributed by atoms with van der Waals surface area (Å²) in [5.41, 5.74) is -0.350. The minimum absolute atomic E-state index is 0.0789. The fourth-order valence-corrected chi connectivity index (χ4v) is 1.41. The SMILES string of the molecule is O=[N+]([O-])c1ccc(Oc2cccnc2Cl)c(F)c1. The monoisotopic (exact) mass is 268 g/mol. The third-order valence-corrected chi connectivity index (χ3v) is 2.35. The molecular formula is C11H6ClFN2O3. The molecule has 0 fully saturated rings. The zero-order valence-corrected chi connectivity index (χ0v) is 9.60. The van der Waals surface area contributed by atoms with Gasteiger partial charge in [-0.3, -0.25) is 10.1 Å². The average molecular weight is 269 g/mol. The minimum Gasteiger partial charge on any atom is -0.451 e. The number of benzene rings is 1. The maximum absolute atomic E-state index is 13.5. The molecule has 0 spiro atoms. The first kappa shape index (κ1) is 12.3. The maximum Gasteiger partial charge on any atom is 0.272 e. The van der Waals surface area contributed by atoms with E-state index in [9.17, 15) is 14.5 Å². The van der Waals surface area contributed by atoms with E-state index in [0.29, 0.717) is 0 Å².